The molecule has 1 nitrogen and oxygen atoms in total. The standard InChI is InChI=1S/C47H37N/c1-32-11-8-22-44-39(32)19-10-21-42(44)35-25-29-38(30-26-35)48(47-31-36-13-3-5-16-43(36)45-17-6-7-18-46(45)47)37-27-23-34(24-28-37)41-20-9-14-33-12-2-4-15-40(33)41/h2-8,10,12-13,15-32H,9,11,14H2,1H3. The van der Waals surface area contributed by atoms with Gasteiger partial charge in [0.15, 0.2) is 0 Å². The second kappa shape index (κ2) is 11.9. The first kappa shape index (κ1) is 28.6. The summed E-state index contributed by atoms with van der Waals surface area (Å²) < 4.78 is 0. The van der Waals surface area contributed by atoms with Gasteiger partial charge in [0, 0.05) is 16.8 Å². The van der Waals surface area contributed by atoms with Crippen molar-refractivity contribution in [3.05, 3.63) is 186 Å². The minimum atomic E-state index is 0.543. The molecule has 1 unspecified atom stereocenters. The molecule has 0 fully saturated rings. The Kier molecular flexibility index (Phi) is 7.05. The molecule has 230 valence electrons. The quantitative estimate of drug-likeness (QED) is 0.174. The second-order valence-corrected chi connectivity index (χ2v) is 13.3. The van der Waals surface area contributed by atoms with Gasteiger partial charge in [0.1, 0.15) is 0 Å². The summed E-state index contributed by atoms with van der Waals surface area (Å²) in [6.45, 7) is 2.33. The third-order valence-electron chi connectivity index (χ3n) is 10.4. The van der Waals surface area contributed by atoms with Gasteiger partial charge in [-0.1, -0.05) is 140 Å². The second-order valence-electron chi connectivity index (χ2n) is 13.3. The minimum Gasteiger partial charge on any atom is -0.310 e. The Hall–Kier alpha value is -5.66. The van der Waals surface area contributed by atoms with Crippen molar-refractivity contribution in [3.8, 4) is 11.1 Å². The topological polar surface area (TPSA) is 3.24 Å². The van der Waals surface area contributed by atoms with Crippen LogP contribution in [0.5, 0.6) is 0 Å². The molecule has 7 aromatic carbocycles. The van der Waals surface area contributed by atoms with Crippen LogP contribution < -0.4 is 4.90 Å². The maximum absolute atomic E-state index is 2.44. The fraction of sp³-hybridized carbons (Fsp3) is 0.106. The Balaban J connectivity index is 1.19. The monoisotopic (exact) mass is 615 g/mol. The number of hydrogen-bond acceptors (Lipinski definition) is 1. The Morgan fingerprint density at radius 3 is 2.06 bits per heavy atom. The van der Waals surface area contributed by atoms with Gasteiger partial charge in [0.05, 0.1) is 5.69 Å². The molecule has 0 saturated heterocycles. The van der Waals surface area contributed by atoms with E-state index in [-0.39, 0.29) is 0 Å². The van der Waals surface area contributed by atoms with Crippen molar-refractivity contribution < 1.29 is 0 Å². The van der Waals surface area contributed by atoms with Crippen molar-refractivity contribution in [2.45, 2.75) is 32.1 Å². The maximum atomic E-state index is 2.44. The molecule has 0 bridgehead atoms. The molecule has 0 N–H and O–H groups in total. The molecule has 48 heavy (non-hydrogen) atoms. The van der Waals surface area contributed by atoms with Crippen LogP contribution in [-0.4, -0.2) is 0 Å². The fourth-order valence-electron chi connectivity index (χ4n) is 7.95. The average Bonchev–Trinajstić information content (AvgIpc) is 3.15. The molecule has 0 aliphatic heterocycles. The molecule has 7 aromatic rings. The van der Waals surface area contributed by atoms with E-state index in [4.69, 9.17) is 0 Å². The first-order valence-corrected chi connectivity index (χ1v) is 17.2. The van der Waals surface area contributed by atoms with E-state index in [9.17, 15) is 0 Å². The summed E-state index contributed by atoms with van der Waals surface area (Å²) in [5, 5.41) is 5.03. The van der Waals surface area contributed by atoms with Crippen LogP contribution in [0.3, 0.4) is 0 Å². The molecule has 9 rings (SSSR count). The van der Waals surface area contributed by atoms with Crippen molar-refractivity contribution in [3.63, 3.8) is 0 Å². The number of fused-ring (bicyclic) bond motifs is 5. The normalized spacial score (nSPS) is 15.2. The summed E-state index contributed by atoms with van der Waals surface area (Å²) in [4.78, 5) is 2.44. The van der Waals surface area contributed by atoms with Gasteiger partial charge in [0.2, 0.25) is 0 Å². The Morgan fingerprint density at radius 1 is 0.583 bits per heavy atom. The molecule has 2 aliphatic carbocycles. The zero-order chi connectivity index (χ0) is 32.0. The molecule has 0 heterocycles. The van der Waals surface area contributed by atoms with Crippen LogP contribution in [0.4, 0.5) is 17.1 Å². The third kappa shape index (κ3) is 4.86. The van der Waals surface area contributed by atoms with Crippen molar-refractivity contribution in [2.24, 2.45) is 0 Å². The van der Waals surface area contributed by atoms with E-state index >= 15 is 0 Å². The summed E-state index contributed by atoms with van der Waals surface area (Å²) >= 11 is 0. The van der Waals surface area contributed by atoms with E-state index in [2.05, 4.69) is 176 Å². The van der Waals surface area contributed by atoms with Crippen LogP contribution >= 0.6 is 0 Å². The first-order chi connectivity index (χ1) is 23.7. The summed E-state index contributed by atoms with van der Waals surface area (Å²) in [6.07, 6.45) is 10.3. The molecule has 0 spiro atoms. The van der Waals surface area contributed by atoms with Crippen molar-refractivity contribution >= 4 is 50.3 Å². The predicted molar refractivity (Wildman–Crippen MR) is 205 cm³/mol. The Labute approximate surface area is 283 Å². The molecule has 0 radical (unpaired) electrons. The Bertz CT molecular complexity index is 2370. The third-order valence-corrected chi connectivity index (χ3v) is 10.4. The number of rotatable bonds is 5. The molecule has 0 saturated carbocycles. The maximum Gasteiger partial charge on any atom is 0.0546 e. The van der Waals surface area contributed by atoms with Gasteiger partial charge >= 0.3 is 0 Å². The van der Waals surface area contributed by atoms with E-state index in [1.54, 1.807) is 0 Å². The highest BCUT2D eigenvalue weighted by Gasteiger charge is 2.20. The van der Waals surface area contributed by atoms with E-state index < -0.39 is 0 Å². The number of anilines is 3. The van der Waals surface area contributed by atoms with Crippen LogP contribution in [0.25, 0.3) is 44.3 Å². The number of allylic oxidation sites excluding steroid dienone is 2. The summed E-state index contributed by atoms with van der Waals surface area (Å²) in [6, 6.07) is 53.9. The number of benzene rings is 7. The van der Waals surface area contributed by atoms with Gasteiger partial charge in [-0.15, -0.1) is 0 Å². The van der Waals surface area contributed by atoms with Crippen LogP contribution in [0.2, 0.25) is 0 Å². The van der Waals surface area contributed by atoms with Crippen LogP contribution in [0.15, 0.2) is 158 Å². The lowest BCUT2D eigenvalue weighted by molar-refractivity contribution is 0.772. The number of nitrogens with zero attached hydrogens (tertiary/aromatic N) is 1. The van der Waals surface area contributed by atoms with E-state index in [0.29, 0.717) is 5.92 Å². The van der Waals surface area contributed by atoms with Crippen LogP contribution in [-0.2, 0) is 6.42 Å². The average molecular weight is 616 g/mol. The van der Waals surface area contributed by atoms with E-state index in [0.717, 1.165) is 30.6 Å². The molecular formula is C47H37N. The fourth-order valence-corrected chi connectivity index (χ4v) is 7.95. The summed E-state index contributed by atoms with van der Waals surface area (Å²) in [5.41, 5.74) is 14.2. The molecule has 1 heteroatoms. The highest BCUT2D eigenvalue weighted by Crippen LogP contribution is 2.44. The lowest BCUT2D eigenvalue weighted by atomic mass is 9.84. The van der Waals surface area contributed by atoms with Crippen LogP contribution in [0.1, 0.15) is 53.5 Å². The van der Waals surface area contributed by atoms with Crippen molar-refractivity contribution in [2.75, 3.05) is 4.90 Å². The van der Waals surface area contributed by atoms with E-state index in [1.165, 1.54) is 71.7 Å². The van der Waals surface area contributed by atoms with Crippen molar-refractivity contribution in [1.29, 1.82) is 0 Å². The molecular weight excluding hydrogens is 579 g/mol. The van der Waals surface area contributed by atoms with Gasteiger partial charge in [-0.05, 0) is 116 Å². The summed E-state index contributed by atoms with van der Waals surface area (Å²) in [7, 11) is 0. The highest BCUT2D eigenvalue weighted by atomic mass is 15.1. The van der Waals surface area contributed by atoms with Gasteiger partial charge in [0.25, 0.3) is 0 Å². The zero-order valence-electron chi connectivity index (χ0n) is 27.2. The molecule has 0 amide bonds. The largest absolute Gasteiger partial charge is 0.310 e. The minimum absolute atomic E-state index is 0.543. The van der Waals surface area contributed by atoms with Crippen LogP contribution in [0, 0.1) is 0 Å². The predicted octanol–water partition coefficient (Wildman–Crippen LogP) is 13.0. The number of hydrogen-bond donors (Lipinski definition) is 0. The first-order valence-electron chi connectivity index (χ1n) is 17.2. The summed E-state index contributed by atoms with van der Waals surface area (Å²) in [5.74, 6) is 0.543. The van der Waals surface area contributed by atoms with Gasteiger partial charge < -0.3 is 4.90 Å². The van der Waals surface area contributed by atoms with Gasteiger partial charge in [-0.25, -0.2) is 0 Å². The lowest BCUT2D eigenvalue weighted by Crippen LogP contribution is -2.11. The highest BCUT2D eigenvalue weighted by molar-refractivity contribution is 6.14. The smallest absolute Gasteiger partial charge is 0.0546 e. The molecule has 0 aromatic heterocycles. The van der Waals surface area contributed by atoms with Gasteiger partial charge in [-0.2, -0.15) is 0 Å². The Morgan fingerprint density at radius 2 is 1.25 bits per heavy atom. The number of aryl methyl sites for hydroxylation is 1. The van der Waals surface area contributed by atoms with Gasteiger partial charge in [-0.3, -0.25) is 0 Å². The SMILES string of the molecule is CC1CC=Cc2c(-c3ccc(N(c4ccc(C5=CCCc6ccccc65)cc4)c4cc5ccccc5c5ccccc45)cc3)cccc21. The molecule has 2 aliphatic rings. The lowest BCUT2D eigenvalue weighted by Gasteiger charge is -2.28. The molecule has 1 atom stereocenters. The van der Waals surface area contributed by atoms with E-state index in [1.807, 2.05) is 0 Å². The zero-order valence-corrected chi connectivity index (χ0v) is 27.2. The van der Waals surface area contributed by atoms with Crippen molar-refractivity contribution in [1.82, 2.24) is 0 Å².